The monoisotopic (exact) mass is 250 g/mol. The van der Waals surface area contributed by atoms with Crippen LogP contribution in [-0.2, 0) is 6.42 Å². The predicted octanol–water partition coefficient (Wildman–Crippen LogP) is 1.80. The second-order valence-corrected chi connectivity index (χ2v) is 4.76. The maximum absolute atomic E-state index is 10.00. The number of aliphatic hydroxyl groups excluding tert-OH is 1. The van der Waals surface area contributed by atoms with Crippen LogP contribution in [-0.4, -0.2) is 34.3 Å². The number of aliphatic hydroxyl groups is 1. The first-order chi connectivity index (χ1) is 8.76. The van der Waals surface area contributed by atoms with Gasteiger partial charge in [-0.05, 0) is 19.3 Å². The van der Waals surface area contributed by atoms with E-state index in [1.807, 2.05) is 7.05 Å². The van der Waals surface area contributed by atoms with Crippen LogP contribution < -0.4 is 10.6 Å². The van der Waals surface area contributed by atoms with Crippen molar-refractivity contribution in [3.05, 3.63) is 11.9 Å². The molecule has 0 radical (unpaired) electrons. The lowest BCUT2D eigenvalue weighted by Gasteiger charge is -2.29. The Balaban J connectivity index is 2.17. The summed E-state index contributed by atoms with van der Waals surface area (Å²) in [6, 6.07) is 0.114. The van der Waals surface area contributed by atoms with E-state index in [1.165, 1.54) is 6.42 Å². The third-order valence-corrected chi connectivity index (χ3v) is 3.59. The smallest absolute Gasteiger partial charge is 0.135 e. The second kappa shape index (κ2) is 6.00. The summed E-state index contributed by atoms with van der Waals surface area (Å²) in [6.45, 7) is 2.09. The topological polar surface area (TPSA) is 70.1 Å². The van der Waals surface area contributed by atoms with E-state index in [9.17, 15) is 5.11 Å². The van der Waals surface area contributed by atoms with Gasteiger partial charge in [0.15, 0.2) is 0 Å². The Hall–Kier alpha value is -1.36. The van der Waals surface area contributed by atoms with Crippen molar-refractivity contribution in [1.29, 1.82) is 0 Å². The van der Waals surface area contributed by atoms with Gasteiger partial charge in [0.05, 0.1) is 12.1 Å². The van der Waals surface area contributed by atoms with Gasteiger partial charge in [-0.3, -0.25) is 0 Å². The fourth-order valence-electron chi connectivity index (χ4n) is 2.54. The molecule has 2 atom stereocenters. The summed E-state index contributed by atoms with van der Waals surface area (Å²) in [4.78, 5) is 8.53. The largest absolute Gasteiger partial charge is 0.391 e. The van der Waals surface area contributed by atoms with Crippen molar-refractivity contribution < 1.29 is 5.11 Å². The van der Waals surface area contributed by atoms with Crippen molar-refractivity contribution >= 4 is 11.6 Å². The highest BCUT2D eigenvalue weighted by atomic mass is 16.3. The Bertz CT molecular complexity index is 397. The lowest BCUT2D eigenvalue weighted by Crippen LogP contribution is -2.37. The van der Waals surface area contributed by atoms with Gasteiger partial charge in [-0.15, -0.1) is 0 Å². The number of nitrogens with zero attached hydrogens (tertiary/aromatic N) is 2. The molecule has 5 nitrogen and oxygen atoms in total. The highest BCUT2D eigenvalue weighted by Crippen LogP contribution is 2.25. The molecule has 5 heteroatoms. The van der Waals surface area contributed by atoms with E-state index in [0.29, 0.717) is 0 Å². The van der Waals surface area contributed by atoms with Crippen LogP contribution in [0.15, 0.2) is 6.33 Å². The Morgan fingerprint density at radius 3 is 2.67 bits per heavy atom. The van der Waals surface area contributed by atoms with E-state index in [4.69, 9.17) is 0 Å². The lowest BCUT2D eigenvalue weighted by molar-refractivity contribution is 0.116. The van der Waals surface area contributed by atoms with Gasteiger partial charge < -0.3 is 15.7 Å². The Morgan fingerprint density at radius 2 is 2.00 bits per heavy atom. The van der Waals surface area contributed by atoms with E-state index in [0.717, 1.165) is 42.9 Å². The quantitative estimate of drug-likeness (QED) is 0.760. The number of rotatable bonds is 4. The molecule has 0 spiro atoms. The van der Waals surface area contributed by atoms with E-state index in [-0.39, 0.29) is 12.1 Å². The highest BCUT2D eigenvalue weighted by Gasteiger charge is 2.24. The van der Waals surface area contributed by atoms with Gasteiger partial charge in [0.25, 0.3) is 0 Å². The van der Waals surface area contributed by atoms with Crippen LogP contribution in [0.1, 0.15) is 38.2 Å². The van der Waals surface area contributed by atoms with Gasteiger partial charge in [0.1, 0.15) is 18.0 Å². The van der Waals surface area contributed by atoms with Crippen LogP contribution in [0.25, 0.3) is 0 Å². The second-order valence-electron chi connectivity index (χ2n) is 4.76. The van der Waals surface area contributed by atoms with E-state index in [1.54, 1.807) is 6.33 Å². The van der Waals surface area contributed by atoms with Crippen molar-refractivity contribution in [1.82, 2.24) is 9.97 Å². The van der Waals surface area contributed by atoms with E-state index >= 15 is 0 Å². The zero-order valence-electron chi connectivity index (χ0n) is 11.1. The molecule has 1 heterocycles. The fraction of sp³-hybridized carbons (Fsp3) is 0.692. The van der Waals surface area contributed by atoms with Gasteiger partial charge in [0, 0.05) is 12.6 Å². The maximum atomic E-state index is 10.00. The SMILES string of the molecule is CCc1c(NC)ncnc1NC1CCCCC1O. The predicted molar refractivity (Wildman–Crippen MR) is 72.8 cm³/mol. The van der Waals surface area contributed by atoms with E-state index < -0.39 is 0 Å². The average molecular weight is 250 g/mol. The van der Waals surface area contributed by atoms with Crippen LogP contribution in [0, 0.1) is 0 Å². The van der Waals surface area contributed by atoms with Gasteiger partial charge in [0.2, 0.25) is 0 Å². The number of anilines is 2. The Labute approximate surface area is 108 Å². The molecule has 100 valence electrons. The summed E-state index contributed by atoms with van der Waals surface area (Å²) in [6.07, 6.45) is 6.32. The summed E-state index contributed by atoms with van der Waals surface area (Å²) in [5.74, 6) is 1.71. The molecule has 1 fully saturated rings. The van der Waals surface area contributed by atoms with Crippen LogP contribution in [0.5, 0.6) is 0 Å². The summed E-state index contributed by atoms with van der Waals surface area (Å²) >= 11 is 0. The Kier molecular flexibility index (Phi) is 4.36. The van der Waals surface area contributed by atoms with E-state index in [2.05, 4.69) is 27.5 Å². The molecule has 1 aromatic rings. The molecule has 1 aliphatic rings. The molecule has 0 saturated heterocycles. The molecule has 2 unspecified atom stereocenters. The summed E-state index contributed by atoms with van der Waals surface area (Å²) in [7, 11) is 1.86. The molecule has 18 heavy (non-hydrogen) atoms. The Morgan fingerprint density at radius 1 is 1.28 bits per heavy atom. The van der Waals surface area contributed by atoms with Crippen LogP contribution in [0.4, 0.5) is 11.6 Å². The fourth-order valence-corrected chi connectivity index (χ4v) is 2.54. The third-order valence-electron chi connectivity index (χ3n) is 3.59. The van der Waals surface area contributed by atoms with Crippen molar-refractivity contribution in [3.8, 4) is 0 Å². The molecule has 3 N–H and O–H groups in total. The van der Waals surface area contributed by atoms with Crippen molar-refractivity contribution in [2.24, 2.45) is 0 Å². The number of aromatic nitrogens is 2. The maximum Gasteiger partial charge on any atom is 0.135 e. The minimum Gasteiger partial charge on any atom is -0.391 e. The van der Waals surface area contributed by atoms with Crippen molar-refractivity contribution in [2.45, 2.75) is 51.2 Å². The average Bonchev–Trinajstić information content (AvgIpc) is 2.41. The zero-order chi connectivity index (χ0) is 13.0. The summed E-state index contributed by atoms with van der Waals surface area (Å²) in [5, 5.41) is 16.5. The van der Waals surface area contributed by atoms with Crippen LogP contribution in [0.3, 0.4) is 0 Å². The molecule has 2 rings (SSSR count). The molecule has 0 aliphatic heterocycles. The standard InChI is InChI=1S/C13H22N4O/c1-3-9-12(14-2)15-8-16-13(9)17-10-6-4-5-7-11(10)18/h8,10-11,18H,3-7H2,1-2H3,(H2,14,15,16,17). The molecule has 0 amide bonds. The first-order valence-electron chi connectivity index (χ1n) is 6.72. The summed E-state index contributed by atoms with van der Waals surface area (Å²) < 4.78 is 0. The first-order valence-corrected chi connectivity index (χ1v) is 6.72. The van der Waals surface area contributed by atoms with Gasteiger partial charge >= 0.3 is 0 Å². The highest BCUT2D eigenvalue weighted by molar-refractivity contribution is 5.57. The van der Waals surface area contributed by atoms with Crippen molar-refractivity contribution in [3.63, 3.8) is 0 Å². The number of nitrogens with one attached hydrogen (secondary N) is 2. The number of hydrogen-bond acceptors (Lipinski definition) is 5. The first kappa shape index (κ1) is 13.1. The van der Waals surface area contributed by atoms with Gasteiger partial charge in [-0.1, -0.05) is 19.8 Å². The van der Waals surface area contributed by atoms with Crippen molar-refractivity contribution in [2.75, 3.05) is 17.7 Å². The molecule has 1 aliphatic carbocycles. The molecular weight excluding hydrogens is 228 g/mol. The molecule has 1 saturated carbocycles. The normalized spacial score (nSPS) is 23.7. The van der Waals surface area contributed by atoms with Gasteiger partial charge in [-0.25, -0.2) is 9.97 Å². The van der Waals surface area contributed by atoms with Crippen LogP contribution in [0.2, 0.25) is 0 Å². The number of hydrogen-bond donors (Lipinski definition) is 3. The minimum atomic E-state index is -0.267. The molecular formula is C13H22N4O. The molecule has 1 aromatic heterocycles. The minimum absolute atomic E-state index is 0.114. The van der Waals surface area contributed by atoms with Gasteiger partial charge in [-0.2, -0.15) is 0 Å². The lowest BCUT2D eigenvalue weighted by atomic mass is 9.92. The summed E-state index contributed by atoms with van der Waals surface area (Å²) in [5.41, 5.74) is 1.08. The zero-order valence-corrected chi connectivity index (χ0v) is 11.1. The molecule has 0 bridgehead atoms. The van der Waals surface area contributed by atoms with Crippen LogP contribution >= 0.6 is 0 Å². The molecule has 0 aromatic carbocycles. The third kappa shape index (κ3) is 2.72.